The Morgan fingerprint density at radius 2 is 2.00 bits per heavy atom. The molecule has 1 aromatic carbocycles. The van der Waals surface area contributed by atoms with E-state index in [9.17, 15) is 0 Å². The zero-order chi connectivity index (χ0) is 18.9. The summed E-state index contributed by atoms with van der Waals surface area (Å²) in [6, 6.07) is 10.1. The lowest BCUT2D eigenvalue weighted by Crippen LogP contribution is -2.47. The minimum Gasteiger partial charge on any atom is -0.490 e. The van der Waals surface area contributed by atoms with E-state index >= 15 is 0 Å². The molecule has 3 rings (SSSR count). The first-order valence-electron chi connectivity index (χ1n) is 9.96. The average molecular weight is 514 g/mol. The van der Waals surface area contributed by atoms with E-state index in [-0.39, 0.29) is 30.1 Å². The summed E-state index contributed by atoms with van der Waals surface area (Å²) < 4.78 is 6.10. The van der Waals surface area contributed by atoms with Crippen LogP contribution in [0.5, 0.6) is 5.75 Å². The molecule has 1 aromatic heterocycles. The Morgan fingerprint density at radius 3 is 2.64 bits per heavy atom. The van der Waals surface area contributed by atoms with Crippen molar-refractivity contribution in [2.75, 3.05) is 26.2 Å². The van der Waals surface area contributed by atoms with E-state index in [1.807, 2.05) is 30.3 Å². The van der Waals surface area contributed by atoms with Gasteiger partial charge in [-0.2, -0.15) is 0 Å². The summed E-state index contributed by atoms with van der Waals surface area (Å²) in [5, 5.41) is 6.81. The molecule has 0 spiro atoms. The monoisotopic (exact) mass is 514 g/mol. The number of aromatic nitrogens is 1. The molecule has 0 unspecified atom stereocenters. The fourth-order valence-electron chi connectivity index (χ4n) is 3.21. The molecule has 1 N–H and O–H groups in total. The molecule has 1 saturated heterocycles. The first-order chi connectivity index (χ1) is 13.3. The third-order valence-corrected chi connectivity index (χ3v) is 5.70. The highest BCUT2D eigenvalue weighted by molar-refractivity contribution is 14.0. The van der Waals surface area contributed by atoms with Gasteiger partial charge in [-0.3, -0.25) is 4.99 Å². The Morgan fingerprint density at radius 1 is 1.25 bits per heavy atom. The lowest BCUT2D eigenvalue weighted by atomic mass is 10.1. The number of aliphatic imine (C=N–C) groups is 1. The van der Waals surface area contributed by atoms with Crippen LogP contribution in [-0.4, -0.2) is 48.1 Å². The van der Waals surface area contributed by atoms with Gasteiger partial charge in [0.05, 0.1) is 10.7 Å². The second kappa shape index (κ2) is 12.3. The molecule has 0 atom stereocenters. The van der Waals surface area contributed by atoms with Gasteiger partial charge in [-0.05, 0) is 25.5 Å². The van der Waals surface area contributed by atoms with Crippen molar-refractivity contribution in [2.24, 2.45) is 4.99 Å². The molecule has 0 aliphatic carbocycles. The van der Waals surface area contributed by atoms with Crippen molar-refractivity contribution in [3.8, 4) is 5.75 Å². The van der Waals surface area contributed by atoms with Crippen LogP contribution in [0.15, 0.2) is 40.7 Å². The maximum Gasteiger partial charge on any atom is 0.193 e. The predicted molar refractivity (Wildman–Crippen MR) is 128 cm³/mol. The van der Waals surface area contributed by atoms with Crippen LogP contribution in [-0.2, 0) is 12.8 Å². The van der Waals surface area contributed by atoms with Crippen LogP contribution >= 0.6 is 35.3 Å². The van der Waals surface area contributed by atoms with E-state index < -0.39 is 0 Å². The molecule has 7 heteroatoms. The molecule has 1 fully saturated rings. The Bertz CT molecular complexity index is 714. The van der Waals surface area contributed by atoms with E-state index in [1.165, 1.54) is 5.01 Å². The predicted octanol–water partition coefficient (Wildman–Crippen LogP) is 4.37. The maximum absolute atomic E-state index is 6.10. The molecule has 5 nitrogen and oxygen atoms in total. The lowest BCUT2D eigenvalue weighted by molar-refractivity contribution is 0.129. The minimum absolute atomic E-state index is 0. The number of ether oxygens (including phenoxy) is 1. The van der Waals surface area contributed by atoms with Crippen molar-refractivity contribution in [1.82, 2.24) is 15.2 Å². The number of benzene rings is 1. The number of piperidine rings is 1. The topological polar surface area (TPSA) is 49.8 Å². The number of aryl methyl sites for hydroxylation is 1. The van der Waals surface area contributed by atoms with E-state index in [1.54, 1.807) is 11.3 Å². The van der Waals surface area contributed by atoms with Crippen LogP contribution in [0.3, 0.4) is 0 Å². The van der Waals surface area contributed by atoms with Crippen LogP contribution < -0.4 is 10.1 Å². The highest BCUT2D eigenvalue weighted by Gasteiger charge is 2.22. The number of guanidine groups is 1. The van der Waals surface area contributed by atoms with Gasteiger partial charge in [0, 0.05) is 50.8 Å². The molecule has 28 heavy (non-hydrogen) atoms. The number of halogens is 1. The summed E-state index contributed by atoms with van der Waals surface area (Å²) in [4.78, 5) is 11.8. The third-order valence-electron chi connectivity index (χ3n) is 4.65. The second-order valence-electron chi connectivity index (χ2n) is 6.69. The summed E-state index contributed by atoms with van der Waals surface area (Å²) in [6.45, 7) is 7.87. The van der Waals surface area contributed by atoms with Crippen LogP contribution in [0.4, 0.5) is 0 Å². The molecular weight excluding hydrogens is 483 g/mol. The fraction of sp³-hybridized carbons (Fsp3) is 0.524. The van der Waals surface area contributed by atoms with Crippen molar-refractivity contribution in [3.05, 3.63) is 46.4 Å². The van der Waals surface area contributed by atoms with Gasteiger partial charge in [0.15, 0.2) is 5.96 Å². The largest absolute Gasteiger partial charge is 0.490 e. The Labute approximate surface area is 189 Å². The number of rotatable bonds is 7. The van der Waals surface area contributed by atoms with Crippen LogP contribution in [0, 0.1) is 0 Å². The summed E-state index contributed by atoms with van der Waals surface area (Å²) in [5.74, 6) is 1.98. The van der Waals surface area contributed by atoms with Gasteiger partial charge in [0.1, 0.15) is 11.9 Å². The van der Waals surface area contributed by atoms with E-state index in [0.29, 0.717) is 0 Å². The van der Waals surface area contributed by atoms with Crippen molar-refractivity contribution < 1.29 is 4.74 Å². The van der Waals surface area contributed by atoms with E-state index in [2.05, 4.69) is 34.4 Å². The summed E-state index contributed by atoms with van der Waals surface area (Å²) in [6.07, 6.45) is 4.24. The first kappa shape index (κ1) is 22.9. The van der Waals surface area contributed by atoms with Crippen molar-refractivity contribution >= 4 is 41.3 Å². The number of hydrogen-bond donors (Lipinski definition) is 1. The molecule has 0 saturated carbocycles. The first-order valence-corrected chi connectivity index (χ1v) is 10.8. The molecular formula is C21H31IN4OS. The zero-order valence-corrected chi connectivity index (χ0v) is 19.9. The Balaban J connectivity index is 0.00000280. The molecule has 0 amide bonds. The van der Waals surface area contributed by atoms with Crippen molar-refractivity contribution in [1.29, 1.82) is 0 Å². The number of nitrogens with one attached hydrogen (secondary N) is 1. The smallest absolute Gasteiger partial charge is 0.193 e. The normalized spacial score (nSPS) is 15.2. The Hall–Kier alpha value is -1.35. The molecule has 2 aromatic rings. The minimum atomic E-state index is 0. The van der Waals surface area contributed by atoms with Gasteiger partial charge in [0.2, 0.25) is 0 Å². The number of thiazole rings is 1. The van der Waals surface area contributed by atoms with Gasteiger partial charge in [-0.1, -0.05) is 25.1 Å². The van der Waals surface area contributed by atoms with E-state index in [4.69, 9.17) is 9.73 Å². The molecule has 154 valence electrons. The van der Waals surface area contributed by atoms with Gasteiger partial charge in [0.25, 0.3) is 0 Å². The second-order valence-corrected chi connectivity index (χ2v) is 7.63. The number of likely N-dealkylation sites (tertiary alicyclic amines) is 1. The lowest BCUT2D eigenvalue weighted by Gasteiger charge is -2.34. The average Bonchev–Trinajstić information content (AvgIpc) is 3.17. The third kappa shape index (κ3) is 6.92. The highest BCUT2D eigenvalue weighted by atomic mass is 127. The van der Waals surface area contributed by atoms with Crippen molar-refractivity contribution in [3.63, 3.8) is 0 Å². The van der Waals surface area contributed by atoms with Crippen LogP contribution in [0.2, 0.25) is 0 Å². The number of nitrogens with zero attached hydrogens (tertiary/aromatic N) is 3. The van der Waals surface area contributed by atoms with Gasteiger partial charge >= 0.3 is 0 Å². The molecule has 2 heterocycles. The standard InChI is InChI=1S/C21H30N4OS.HI/c1-3-20-24-17(16-27-20)10-13-23-21(22-4-2)25-14-11-19(12-15-25)26-18-8-6-5-7-9-18;/h5-9,16,19H,3-4,10-15H2,1-2H3,(H,22,23);1H. The van der Waals surface area contributed by atoms with Crippen molar-refractivity contribution in [2.45, 2.75) is 45.6 Å². The molecule has 1 aliphatic rings. The molecule has 0 bridgehead atoms. The number of hydrogen-bond acceptors (Lipinski definition) is 4. The van der Waals surface area contributed by atoms with Crippen LogP contribution in [0.1, 0.15) is 37.4 Å². The van der Waals surface area contributed by atoms with Gasteiger partial charge in [-0.25, -0.2) is 4.98 Å². The van der Waals surface area contributed by atoms with E-state index in [0.717, 1.165) is 69.3 Å². The zero-order valence-electron chi connectivity index (χ0n) is 16.8. The highest BCUT2D eigenvalue weighted by Crippen LogP contribution is 2.18. The molecule has 1 aliphatic heterocycles. The Kier molecular flexibility index (Phi) is 10.0. The summed E-state index contributed by atoms with van der Waals surface area (Å²) >= 11 is 1.75. The molecule has 0 radical (unpaired) electrons. The fourth-order valence-corrected chi connectivity index (χ4v) is 3.98. The summed E-state index contributed by atoms with van der Waals surface area (Å²) in [5.41, 5.74) is 1.16. The van der Waals surface area contributed by atoms with Crippen LogP contribution in [0.25, 0.3) is 0 Å². The quantitative estimate of drug-likeness (QED) is 0.339. The number of para-hydroxylation sites is 1. The maximum atomic E-state index is 6.10. The van der Waals surface area contributed by atoms with Gasteiger partial charge in [-0.15, -0.1) is 35.3 Å². The SMILES string of the molecule is CCNC(=NCCc1csc(CC)n1)N1CCC(Oc2ccccc2)CC1.I. The van der Waals surface area contributed by atoms with Gasteiger partial charge < -0.3 is 15.0 Å². The summed E-state index contributed by atoms with van der Waals surface area (Å²) in [7, 11) is 0.